The maximum Gasteiger partial charge on any atom is 0.0755 e. The minimum Gasteiger partial charge on any atom is -0.394 e. The highest BCUT2D eigenvalue weighted by Crippen LogP contribution is 2.28. The third-order valence-corrected chi connectivity index (χ3v) is 4.06. The molecule has 100 valence electrons. The fourth-order valence-electron chi connectivity index (χ4n) is 1.92. The number of benzene rings is 2. The van der Waals surface area contributed by atoms with Crippen LogP contribution < -0.4 is 5.32 Å². The molecule has 1 atom stereocenters. The van der Waals surface area contributed by atoms with Crippen molar-refractivity contribution in [3.8, 4) is 0 Å². The number of hydrogen-bond acceptors (Lipinski definition) is 2. The molecule has 19 heavy (non-hydrogen) atoms. The van der Waals surface area contributed by atoms with E-state index in [9.17, 15) is 5.11 Å². The zero-order chi connectivity index (χ0) is 13.8. The summed E-state index contributed by atoms with van der Waals surface area (Å²) in [5, 5.41) is 12.9. The highest BCUT2D eigenvalue weighted by Gasteiger charge is 2.13. The summed E-state index contributed by atoms with van der Waals surface area (Å²) in [7, 11) is 0. The van der Waals surface area contributed by atoms with Crippen LogP contribution in [-0.4, -0.2) is 11.7 Å². The summed E-state index contributed by atoms with van der Waals surface area (Å²) in [5.41, 5.74) is 3.21. The van der Waals surface area contributed by atoms with E-state index in [1.807, 2.05) is 43.3 Å². The number of nitrogens with one attached hydrogen (secondary N) is 1. The lowest BCUT2D eigenvalue weighted by Crippen LogP contribution is -2.15. The van der Waals surface area contributed by atoms with Crippen molar-refractivity contribution in [1.29, 1.82) is 0 Å². The largest absolute Gasteiger partial charge is 0.394 e. The molecule has 0 aliphatic rings. The Kier molecular flexibility index (Phi) is 5.02. The second-order valence-electron chi connectivity index (χ2n) is 4.41. The van der Waals surface area contributed by atoms with Crippen molar-refractivity contribution in [2.24, 2.45) is 0 Å². The standard InChI is InChI=1S/C15H15Br2NO/c1-10-5-6-13(14(17)7-10)15(9-19)18-12-4-2-3-11(16)8-12/h2-8,15,18-19H,9H2,1H3. The average Bonchev–Trinajstić information content (AvgIpc) is 2.37. The quantitative estimate of drug-likeness (QED) is 0.802. The molecule has 0 aromatic heterocycles. The van der Waals surface area contributed by atoms with Crippen LogP contribution in [-0.2, 0) is 0 Å². The normalized spacial score (nSPS) is 12.2. The van der Waals surface area contributed by atoms with Crippen LogP contribution in [0.1, 0.15) is 17.2 Å². The van der Waals surface area contributed by atoms with Gasteiger partial charge in [-0.1, -0.05) is 50.1 Å². The van der Waals surface area contributed by atoms with E-state index in [1.165, 1.54) is 5.56 Å². The Labute approximate surface area is 130 Å². The van der Waals surface area contributed by atoms with E-state index in [0.717, 1.165) is 20.2 Å². The molecule has 0 bridgehead atoms. The summed E-state index contributed by atoms with van der Waals surface area (Å²) in [6.45, 7) is 2.08. The van der Waals surface area contributed by atoms with Gasteiger partial charge < -0.3 is 10.4 Å². The lowest BCUT2D eigenvalue weighted by atomic mass is 10.1. The van der Waals surface area contributed by atoms with Crippen LogP contribution in [0.5, 0.6) is 0 Å². The van der Waals surface area contributed by atoms with Gasteiger partial charge in [-0.05, 0) is 42.3 Å². The van der Waals surface area contributed by atoms with E-state index < -0.39 is 0 Å². The molecule has 0 saturated carbocycles. The number of halogens is 2. The summed E-state index contributed by atoms with van der Waals surface area (Å²) in [6, 6.07) is 13.9. The molecular formula is C15H15Br2NO. The molecule has 0 aliphatic carbocycles. The van der Waals surface area contributed by atoms with Crippen molar-refractivity contribution in [2.75, 3.05) is 11.9 Å². The molecule has 4 heteroatoms. The topological polar surface area (TPSA) is 32.3 Å². The summed E-state index contributed by atoms with van der Waals surface area (Å²) in [5.74, 6) is 0. The maximum atomic E-state index is 9.61. The van der Waals surface area contributed by atoms with E-state index in [1.54, 1.807) is 0 Å². The second-order valence-corrected chi connectivity index (χ2v) is 6.18. The third-order valence-electron chi connectivity index (χ3n) is 2.88. The van der Waals surface area contributed by atoms with Crippen molar-refractivity contribution in [1.82, 2.24) is 0 Å². The molecular weight excluding hydrogens is 370 g/mol. The Balaban J connectivity index is 2.25. The molecule has 2 N–H and O–H groups in total. The number of hydrogen-bond donors (Lipinski definition) is 2. The van der Waals surface area contributed by atoms with Gasteiger partial charge in [0.2, 0.25) is 0 Å². The summed E-state index contributed by atoms with van der Waals surface area (Å²) in [6.07, 6.45) is 0. The molecule has 1 unspecified atom stereocenters. The minimum absolute atomic E-state index is 0.0359. The third kappa shape index (κ3) is 3.81. The second kappa shape index (κ2) is 6.55. The zero-order valence-electron chi connectivity index (χ0n) is 10.5. The molecule has 0 amide bonds. The van der Waals surface area contributed by atoms with Gasteiger partial charge in [-0.3, -0.25) is 0 Å². The van der Waals surface area contributed by atoms with Crippen LogP contribution >= 0.6 is 31.9 Å². The maximum absolute atomic E-state index is 9.61. The SMILES string of the molecule is Cc1ccc(C(CO)Nc2cccc(Br)c2)c(Br)c1. The summed E-state index contributed by atoms with van der Waals surface area (Å²) in [4.78, 5) is 0. The van der Waals surface area contributed by atoms with Gasteiger partial charge in [0.15, 0.2) is 0 Å². The molecule has 2 aromatic carbocycles. The van der Waals surface area contributed by atoms with Crippen LogP contribution in [0, 0.1) is 6.92 Å². The minimum atomic E-state index is -0.135. The van der Waals surface area contributed by atoms with Crippen molar-refractivity contribution in [3.05, 3.63) is 62.5 Å². The lowest BCUT2D eigenvalue weighted by Gasteiger charge is -2.20. The molecule has 0 fully saturated rings. The van der Waals surface area contributed by atoms with Gasteiger partial charge in [-0.2, -0.15) is 0 Å². The molecule has 0 saturated heterocycles. The van der Waals surface area contributed by atoms with E-state index in [-0.39, 0.29) is 12.6 Å². The lowest BCUT2D eigenvalue weighted by molar-refractivity contribution is 0.276. The van der Waals surface area contributed by atoms with Gasteiger partial charge in [-0.25, -0.2) is 0 Å². The predicted molar refractivity (Wildman–Crippen MR) is 86.5 cm³/mol. The highest BCUT2D eigenvalue weighted by atomic mass is 79.9. The van der Waals surface area contributed by atoms with Crippen LogP contribution in [0.15, 0.2) is 51.4 Å². The first-order valence-electron chi connectivity index (χ1n) is 5.99. The first kappa shape index (κ1) is 14.6. The van der Waals surface area contributed by atoms with Crippen molar-refractivity contribution in [3.63, 3.8) is 0 Å². The predicted octanol–water partition coefficient (Wildman–Crippen LogP) is 4.67. The van der Waals surface area contributed by atoms with E-state index in [2.05, 4.69) is 43.2 Å². The van der Waals surface area contributed by atoms with Gasteiger partial charge in [0.05, 0.1) is 12.6 Å². The Morgan fingerprint density at radius 1 is 1.16 bits per heavy atom. The van der Waals surface area contributed by atoms with E-state index >= 15 is 0 Å². The van der Waals surface area contributed by atoms with Gasteiger partial charge >= 0.3 is 0 Å². The number of aliphatic hydroxyl groups excluding tert-OH is 1. The number of aliphatic hydroxyl groups is 1. The summed E-state index contributed by atoms with van der Waals surface area (Å²) < 4.78 is 2.02. The van der Waals surface area contributed by atoms with Gasteiger partial charge in [0, 0.05) is 14.6 Å². The zero-order valence-corrected chi connectivity index (χ0v) is 13.7. The Morgan fingerprint density at radius 3 is 2.58 bits per heavy atom. The first-order chi connectivity index (χ1) is 9.10. The van der Waals surface area contributed by atoms with Gasteiger partial charge in [0.25, 0.3) is 0 Å². The van der Waals surface area contributed by atoms with Crippen LogP contribution in [0.25, 0.3) is 0 Å². The Bertz CT molecular complexity index is 572. The number of rotatable bonds is 4. The molecule has 2 rings (SSSR count). The van der Waals surface area contributed by atoms with Gasteiger partial charge in [0.1, 0.15) is 0 Å². The molecule has 0 spiro atoms. The smallest absolute Gasteiger partial charge is 0.0755 e. The molecule has 0 aliphatic heterocycles. The molecule has 0 radical (unpaired) electrons. The van der Waals surface area contributed by atoms with Crippen LogP contribution in [0.2, 0.25) is 0 Å². The summed E-state index contributed by atoms with van der Waals surface area (Å²) >= 11 is 7.00. The fraction of sp³-hybridized carbons (Fsp3) is 0.200. The van der Waals surface area contributed by atoms with Crippen LogP contribution in [0.4, 0.5) is 5.69 Å². The van der Waals surface area contributed by atoms with Gasteiger partial charge in [-0.15, -0.1) is 0 Å². The van der Waals surface area contributed by atoms with Crippen molar-refractivity contribution < 1.29 is 5.11 Å². The molecule has 2 nitrogen and oxygen atoms in total. The Morgan fingerprint density at radius 2 is 1.95 bits per heavy atom. The van der Waals surface area contributed by atoms with E-state index in [4.69, 9.17) is 0 Å². The van der Waals surface area contributed by atoms with Crippen LogP contribution in [0.3, 0.4) is 0 Å². The highest BCUT2D eigenvalue weighted by molar-refractivity contribution is 9.10. The number of aryl methyl sites for hydroxylation is 1. The average molecular weight is 385 g/mol. The molecule has 2 aromatic rings. The van der Waals surface area contributed by atoms with E-state index in [0.29, 0.717) is 0 Å². The number of anilines is 1. The Hall–Kier alpha value is -0.840. The monoisotopic (exact) mass is 383 g/mol. The fourth-order valence-corrected chi connectivity index (χ4v) is 3.08. The van der Waals surface area contributed by atoms with Crippen molar-refractivity contribution >= 4 is 37.5 Å². The molecule has 0 heterocycles. The first-order valence-corrected chi connectivity index (χ1v) is 7.58. The van der Waals surface area contributed by atoms with Crippen molar-refractivity contribution in [2.45, 2.75) is 13.0 Å².